The molecular formula is C10H14N4O2. The molecule has 0 amide bonds. The van der Waals surface area contributed by atoms with Gasteiger partial charge < -0.3 is 10.5 Å². The molecule has 6 nitrogen and oxygen atoms in total. The number of nitrogens with one attached hydrogen (secondary N) is 1. The summed E-state index contributed by atoms with van der Waals surface area (Å²) in [5.74, 6) is -0.232. The Morgan fingerprint density at radius 2 is 2.25 bits per heavy atom. The van der Waals surface area contributed by atoms with E-state index in [1.807, 2.05) is 0 Å². The number of hydrogen-bond donors (Lipinski definition) is 2. The number of rotatable bonds is 2. The fourth-order valence-corrected chi connectivity index (χ4v) is 1.84. The largest absolute Gasteiger partial charge is 0.406 e. The van der Waals surface area contributed by atoms with Crippen molar-refractivity contribution in [1.29, 1.82) is 5.41 Å². The van der Waals surface area contributed by atoms with E-state index in [1.165, 1.54) is 12.3 Å². The molecule has 16 heavy (non-hydrogen) atoms. The van der Waals surface area contributed by atoms with Gasteiger partial charge in [-0.25, -0.2) is 4.68 Å². The van der Waals surface area contributed by atoms with Gasteiger partial charge in [-0.15, -0.1) is 5.10 Å². The molecule has 1 aromatic heterocycles. The topological polar surface area (TPSA) is 94.0 Å². The number of carbonyl (C=O) groups is 1. The van der Waals surface area contributed by atoms with E-state index in [0.29, 0.717) is 0 Å². The molecule has 0 aromatic carbocycles. The minimum absolute atomic E-state index is 0.00229. The van der Waals surface area contributed by atoms with Crippen molar-refractivity contribution in [3.05, 3.63) is 12.3 Å². The predicted molar refractivity (Wildman–Crippen MR) is 57.1 cm³/mol. The Hall–Kier alpha value is -1.85. The van der Waals surface area contributed by atoms with Crippen LogP contribution in [0.4, 0.5) is 0 Å². The minimum Gasteiger partial charge on any atom is -0.406 e. The molecule has 1 saturated carbocycles. The molecular weight excluding hydrogens is 208 g/mol. The van der Waals surface area contributed by atoms with Gasteiger partial charge in [-0.05, 0) is 12.8 Å². The molecule has 1 aliphatic carbocycles. The van der Waals surface area contributed by atoms with Gasteiger partial charge in [0.1, 0.15) is 0 Å². The lowest BCUT2D eigenvalue weighted by Crippen LogP contribution is -2.22. The normalized spacial score (nSPS) is 16.2. The van der Waals surface area contributed by atoms with Crippen LogP contribution < -0.4 is 10.5 Å². The molecule has 0 aliphatic heterocycles. The number of esters is 1. The predicted octanol–water partition coefficient (Wildman–Crippen LogP) is 0.720. The molecule has 0 saturated heterocycles. The van der Waals surface area contributed by atoms with Crippen LogP contribution in [0.5, 0.6) is 5.88 Å². The van der Waals surface area contributed by atoms with E-state index < -0.39 is 0 Å². The first kappa shape index (κ1) is 10.7. The van der Waals surface area contributed by atoms with Gasteiger partial charge in [0.05, 0.1) is 5.92 Å². The van der Waals surface area contributed by atoms with E-state index in [-0.39, 0.29) is 23.7 Å². The lowest BCUT2D eigenvalue weighted by Gasteiger charge is -2.06. The second kappa shape index (κ2) is 4.34. The van der Waals surface area contributed by atoms with Crippen LogP contribution in [-0.2, 0) is 4.79 Å². The Kier molecular flexibility index (Phi) is 2.89. The summed E-state index contributed by atoms with van der Waals surface area (Å²) in [5, 5.41) is 11.0. The summed E-state index contributed by atoms with van der Waals surface area (Å²) < 4.78 is 6.26. The zero-order valence-electron chi connectivity index (χ0n) is 8.85. The van der Waals surface area contributed by atoms with Crippen LogP contribution in [0.3, 0.4) is 0 Å². The number of ether oxygens (including phenoxy) is 1. The summed E-state index contributed by atoms with van der Waals surface area (Å²) in [6, 6.07) is 1.52. The second-order valence-electron chi connectivity index (χ2n) is 3.89. The highest BCUT2D eigenvalue weighted by Crippen LogP contribution is 2.26. The molecule has 1 aliphatic rings. The van der Waals surface area contributed by atoms with Gasteiger partial charge in [-0.1, -0.05) is 12.8 Å². The van der Waals surface area contributed by atoms with Gasteiger partial charge >= 0.3 is 5.97 Å². The van der Waals surface area contributed by atoms with Crippen molar-refractivity contribution in [1.82, 2.24) is 9.78 Å². The number of aromatic nitrogens is 2. The highest BCUT2D eigenvalue weighted by atomic mass is 16.5. The van der Waals surface area contributed by atoms with Crippen LogP contribution in [0.1, 0.15) is 25.7 Å². The third-order valence-electron chi connectivity index (χ3n) is 2.71. The lowest BCUT2D eigenvalue weighted by molar-refractivity contribution is -0.139. The Labute approximate surface area is 92.9 Å². The van der Waals surface area contributed by atoms with Gasteiger partial charge in [0.2, 0.25) is 11.8 Å². The van der Waals surface area contributed by atoms with E-state index in [4.69, 9.17) is 15.9 Å². The molecule has 1 fully saturated rings. The van der Waals surface area contributed by atoms with Gasteiger partial charge in [-0.3, -0.25) is 10.2 Å². The molecule has 1 aromatic rings. The highest BCUT2D eigenvalue weighted by molar-refractivity contribution is 5.77. The molecule has 2 rings (SSSR count). The van der Waals surface area contributed by atoms with Crippen LogP contribution in [0.25, 0.3) is 0 Å². The van der Waals surface area contributed by atoms with E-state index in [0.717, 1.165) is 30.4 Å². The third kappa shape index (κ3) is 2.21. The number of nitrogens with zero attached hydrogens (tertiary/aromatic N) is 2. The summed E-state index contributed by atoms with van der Waals surface area (Å²) in [7, 11) is 0. The summed E-state index contributed by atoms with van der Waals surface area (Å²) >= 11 is 0. The van der Waals surface area contributed by atoms with Crippen molar-refractivity contribution in [2.24, 2.45) is 11.7 Å². The summed E-state index contributed by atoms with van der Waals surface area (Å²) in [4.78, 5) is 11.6. The van der Waals surface area contributed by atoms with Crippen LogP contribution >= 0.6 is 0 Å². The maximum atomic E-state index is 11.6. The molecule has 0 atom stereocenters. The van der Waals surface area contributed by atoms with E-state index in [1.54, 1.807) is 0 Å². The summed E-state index contributed by atoms with van der Waals surface area (Å²) in [6.45, 7) is 0. The van der Waals surface area contributed by atoms with E-state index in [9.17, 15) is 4.79 Å². The first-order chi connectivity index (χ1) is 7.66. The number of nitrogens with two attached hydrogens (primary N) is 1. The first-order valence-electron chi connectivity index (χ1n) is 5.28. The van der Waals surface area contributed by atoms with Crippen molar-refractivity contribution in [3.63, 3.8) is 0 Å². The lowest BCUT2D eigenvalue weighted by atomic mass is 10.1. The fraction of sp³-hybridized carbons (Fsp3) is 0.500. The Bertz CT molecular complexity index is 407. The molecule has 86 valence electrons. The van der Waals surface area contributed by atoms with Crippen LogP contribution in [0.2, 0.25) is 0 Å². The van der Waals surface area contributed by atoms with Gasteiger partial charge in [0.25, 0.3) is 0 Å². The smallest absolute Gasteiger partial charge is 0.315 e. The molecule has 3 N–H and O–H groups in total. The van der Waals surface area contributed by atoms with Crippen LogP contribution in [0.15, 0.2) is 12.3 Å². The highest BCUT2D eigenvalue weighted by Gasteiger charge is 2.25. The number of nitrogen functional groups attached to an aromatic ring is 1. The molecule has 0 bridgehead atoms. The van der Waals surface area contributed by atoms with Crippen LogP contribution in [-0.4, -0.2) is 21.7 Å². The van der Waals surface area contributed by atoms with Crippen LogP contribution in [0, 0.1) is 11.3 Å². The van der Waals surface area contributed by atoms with Gasteiger partial charge in [0.15, 0.2) is 0 Å². The maximum Gasteiger partial charge on any atom is 0.315 e. The van der Waals surface area contributed by atoms with E-state index in [2.05, 4.69) is 5.10 Å². The summed E-state index contributed by atoms with van der Waals surface area (Å²) in [6.07, 6.45) is 5.45. The fourth-order valence-electron chi connectivity index (χ4n) is 1.84. The van der Waals surface area contributed by atoms with Crippen molar-refractivity contribution in [2.75, 3.05) is 0 Å². The van der Waals surface area contributed by atoms with Crippen molar-refractivity contribution in [2.45, 2.75) is 25.7 Å². The zero-order valence-corrected chi connectivity index (χ0v) is 8.85. The van der Waals surface area contributed by atoms with Crippen molar-refractivity contribution >= 4 is 11.9 Å². The zero-order chi connectivity index (χ0) is 11.5. The average Bonchev–Trinajstić information content (AvgIpc) is 2.87. The molecule has 0 spiro atoms. The van der Waals surface area contributed by atoms with Gasteiger partial charge in [0, 0.05) is 12.3 Å². The first-order valence-corrected chi connectivity index (χ1v) is 5.28. The van der Waals surface area contributed by atoms with Crippen molar-refractivity contribution in [3.8, 4) is 5.88 Å². The molecule has 0 unspecified atom stereocenters. The standard InChI is InChI=1S/C10H14N4O2/c11-10(12)14-6-5-8(13-14)16-9(15)7-3-1-2-4-7/h5-7H,1-4H2,(H3,11,12). The van der Waals surface area contributed by atoms with E-state index >= 15 is 0 Å². The van der Waals surface area contributed by atoms with Gasteiger partial charge in [-0.2, -0.15) is 0 Å². The number of carbonyl (C=O) groups excluding carboxylic acids is 1. The second-order valence-corrected chi connectivity index (χ2v) is 3.89. The number of hydrogen-bond acceptors (Lipinski definition) is 4. The summed E-state index contributed by atoms with van der Waals surface area (Å²) in [5.41, 5.74) is 5.22. The maximum absolute atomic E-state index is 11.6. The Balaban J connectivity index is 1.97. The molecule has 6 heteroatoms. The quantitative estimate of drug-likeness (QED) is 0.438. The third-order valence-corrected chi connectivity index (χ3v) is 2.71. The monoisotopic (exact) mass is 222 g/mol. The molecule has 0 radical (unpaired) electrons. The SMILES string of the molecule is N=C(N)n1ccc(OC(=O)C2CCCC2)n1. The average molecular weight is 222 g/mol. The molecule has 1 heterocycles. The Morgan fingerprint density at radius 3 is 2.81 bits per heavy atom. The Morgan fingerprint density at radius 1 is 1.56 bits per heavy atom. The minimum atomic E-state index is -0.230. The van der Waals surface area contributed by atoms with Crippen molar-refractivity contribution < 1.29 is 9.53 Å².